The number of ether oxygens (including phenoxy) is 1. The van der Waals surface area contributed by atoms with Gasteiger partial charge in [0.15, 0.2) is 0 Å². The van der Waals surface area contributed by atoms with Crippen LogP contribution in [-0.4, -0.2) is 22.6 Å². The number of fused-ring (bicyclic) bond motifs is 1. The van der Waals surface area contributed by atoms with Gasteiger partial charge in [0.2, 0.25) is 11.8 Å². The van der Waals surface area contributed by atoms with Gasteiger partial charge in [-0.2, -0.15) is 0 Å². The molecule has 0 aliphatic heterocycles. The van der Waals surface area contributed by atoms with Crippen LogP contribution in [0.4, 0.5) is 5.69 Å². The molecule has 0 aliphatic carbocycles. The number of nitrogens with one attached hydrogen (secondary N) is 1. The molecule has 2 aromatic carbocycles. The van der Waals surface area contributed by atoms with Crippen LogP contribution in [0.25, 0.3) is 10.8 Å². The Morgan fingerprint density at radius 2 is 1.82 bits per heavy atom. The molecule has 5 heteroatoms. The highest BCUT2D eigenvalue weighted by atomic mass is 16.5. The fraction of sp³-hybridized carbons (Fsp3) is 0.130. The fourth-order valence-corrected chi connectivity index (χ4v) is 3.44. The Hall–Kier alpha value is -3.60. The number of carbonyl (C=O) groups is 1. The van der Waals surface area contributed by atoms with E-state index in [4.69, 9.17) is 4.74 Å². The van der Waals surface area contributed by atoms with Crippen LogP contribution in [0.15, 0.2) is 85.3 Å². The molecule has 0 fully saturated rings. The molecule has 4 aromatic rings. The minimum atomic E-state index is -0.104. The molecule has 4 rings (SSSR count). The third kappa shape index (κ3) is 3.74. The van der Waals surface area contributed by atoms with Crippen LogP contribution >= 0.6 is 0 Å². The lowest BCUT2D eigenvalue weighted by Gasteiger charge is -2.21. The first-order valence-corrected chi connectivity index (χ1v) is 9.14. The van der Waals surface area contributed by atoms with E-state index in [2.05, 4.69) is 39.1 Å². The predicted octanol–water partition coefficient (Wildman–Crippen LogP) is 4.66. The zero-order valence-electron chi connectivity index (χ0n) is 15.6. The van der Waals surface area contributed by atoms with Crippen molar-refractivity contribution in [2.24, 2.45) is 0 Å². The SMILES string of the molecule is COc1ccc(NC(=O)C[C@H](c2cccc3ccccc23)n2cccc2)cn1. The number of carbonyl (C=O) groups excluding carboxylic acids is 1. The molecule has 28 heavy (non-hydrogen) atoms. The second-order valence-corrected chi connectivity index (χ2v) is 6.56. The number of aromatic nitrogens is 2. The molecule has 2 heterocycles. The first kappa shape index (κ1) is 17.8. The molecule has 5 nitrogen and oxygen atoms in total. The van der Waals surface area contributed by atoms with E-state index >= 15 is 0 Å². The van der Waals surface area contributed by atoms with Gasteiger partial charge in [0.05, 0.1) is 31.5 Å². The quantitative estimate of drug-likeness (QED) is 0.536. The van der Waals surface area contributed by atoms with Crippen molar-refractivity contribution in [1.29, 1.82) is 0 Å². The second-order valence-electron chi connectivity index (χ2n) is 6.56. The van der Waals surface area contributed by atoms with Crippen LogP contribution in [0.1, 0.15) is 18.0 Å². The number of hydrogen-bond acceptors (Lipinski definition) is 3. The summed E-state index contributed by atoms with van der Waals surface area (Å²) in [5.74, 6) is 0.442. The lowest BCUT2D eigenvalue weighted by atomic mass is 9.96. The van der Waals surface area contributed by atoms with Crippen molar-refractivity contribution in [2.75, 3.05) is 12.4 Å². The van der Waals surface area contributed by atoms with E-state index < -0.39 is 0 Å². The number of amides is 1. The molecule has 0 spiro atoms. The van der Waals surface area contributed by atoms with E-state index in [0.29, 0.717) is 18.0 Å². The molecule has 0 bridgehead atoms. The summed E-state index contributed by atoms with van der Waals surface area (Å²) in [7, 11) is 1.56. The van der Waals surface area contributed by atoms with Crippen LogP contribution in [0.3, 0.4) is 0 Å². The predicted molar refractivity (Wildman–Crippen MR) is 111 cm³/mol. The monoisotopic (exact) mass is 371 g/mol. The van der Waals surface area contributed by atoms with Crippen molar-refractivity contribution >= 4 is 22.4 Å². The maximum absolute atomic E-state index is 12.8. The summed E-state index contributed by atoms with van der Waals surface area (Å²) in [4.78, 5) is 16.9. The van der Waals surface area contributed by atoms with Crippen LogP contribution < -0.4 is 10.1 Å². The van der Waals surface area contributed by atoms with E-state index in [1.165, 1.54) is 0 Å². The Balaban J connectivity index is 1.62. The Morgan fingerprint density at radius 1 is 1.04 bits per heavy atom. The van der Waals surface area contributed by atoms with Crippen molar-refractivity contribution in [1.82, 2.24) is 9.55 Å². The summed E-state index contributed by atoms with van der Waals surface area (Å²) in [6.45, 7) is 0. The zero-order chi connectivity index (χ0) is 19.3. The average molecular weight is 371 g/mol. The van der Waals surface area contributed by atoms with Gasteiger partial charge in [-0.3, -0.25) is 4.79 Å². The summed E-state index contributed by atoms with van der Waals surface area (Å²) in [5.41, 5.74) is 1.77. The molecule has 1 amide bonds. The Labute approximate surface area is 163 Å². The molecule has 140 valence electrons. The molecule has 0 unspecified atom stereocenters. The van der Waals surface area contributed by atoms with Gasteiger partial charge in [0.1, 0.15) is 0 Å². The van der Waals surface area contributed by atoms with Gasteiger partial charge in [-0.1, -0.05) is 42.5 Å². The summed E-state index contributed by atoms with van der Waals surface area (Å²) in [6, 6.07) is 21.8. The molecule has 0 aliphatic rings. The number of benzene rings is 2. The van der Waals surface area contributed by atoms with Crippen molar-refractivity contribution in [3.8, 4) is 5.88 Å². The Bertz CT molecular complexity index is 1070. The summed E-state index contributed by atoms with van der Waals surface area (Å²) >= 11 is 0. The smallest absolute Gasteiger partial charge is 0.226 e. The third-order valence-electron chi connectivity index (χ3n) is 4.78. The number of methoxy groups -OCH3 is 1. The third-order valence-corrected chi connectivity index (χ3v) is 4.78. The lowest BCUT2D eigenvalue weighted by Crippen LogP contribution is -2.20. The fourth-order valence-electron chi connectivity index (χ4n) is 3.44. The molecular weight excluding hydrogens is 350 g/mol. The van der Waals surface area contributed by atoms with Crippen molar-refractivity contribution < 1.29 is 9.53 Å². The van der Waals surface area contributed by atoms with Gasteiger partial charge in [-0.05, 0) is 34.5 Å². The summed E-state index contributed by atoms with van der Waals surface area (Å²) in [5, 5.41) is 5.25. The normalized spacial score (nSPS) is 11.9. The molecule has 0 saturated heterocycles. The van der Waals surface area contributed by atoms with Crippen molar-refractivity contribution in [3.63, 3.8) is 0 Å². The van der Waals surface area contributed by atoms with Gasteiger partial charge < -0.3 is 14.6 Å². The molecule has 0 saturated carbocycles. The van der Waals surface area contributed by atoms with Gasteiger partial charge in [0, 0.05) is 18.5 Å². The first-order chi connectivity index (χ1) is 13.7. The Morgan fingerprint density at radius 3 is 2.57 bits per heavy atom. The highest BCUT2D eigenvalue weighted by Gasteiger charge is 2.19. The number of pyridine rings is 1. The van der Waals surface area contributed by atoms with Crippen LogP contribution in [0.5, 0.6) is 5.88 Å². The molecule has 1 atom stereocenters. The summed E-state index contributed by atoms with van der Waals surface area (Å²) in [6.07, 6.45) is 5.90. The van der Waals surface area contributed by atoms with Crippen molar-refractivity contribution in [2.45, 2.75) is 12.5 Å². The lowest BCUT2D eigenvalue weighted by molar-refractivity contribution is -0.116. The van der Waals surface area contributed by atoms with Gasteiger partial charge in [0.25, 0.3) is 0 Å². The highest BCUT2D eigenvalue weighted by Crippen LogP contribution is 2.30. The minimum Gasteiger partial charge on any atom is -0.481 e. The van der Waals surface area contributed by atoms with Crippen LogP contribution in [0, 0.1) is 0 Å². The van der Waals surface area contributed by atoms with Gasteiger partial charge >= 0.3 is 0 Å². The van der Waals surface area contributed by atoms with Gasteiger partial charge in [-0.25, -0.2) is 4.98 Å². The van der Waals surface area contributed by atoms with Crippen LogP contribution in [0.2, 0.25) is 0 Å². The number of hydrogen-bond donors (Lipinski definition) is 1. The molecular formula is C23H21N3O2. The minimum absolute atomic E-state index is 0.0707. The standard InChI is InChI=1S/C23H21N3O2/c1-28-23-12-11-18(16-24-23)25-22(27)15-21(26-13-4-5-14-26)20-10-6-8-17-7-2-3-9-19(17)20/h2-14,16,21H,15H2,1H3,(H,25,27)/t21-/m1/s1. The maximum atomic E-state index is 12.8. The maximum Gasteiger partial charge on any atom is 0.226 e. The highest BCUT2D eigenvalue weighted by molar-refractivity contribution is 5.92. The molecule has 1 N–H and O–H groups in total. The first-order valence-electron chi connectivity index (χ1n) is 9.14. The zero-order valence-corrected chi connectivity index (χ0v) is 15.6. The van der Waals surface area contributed by atoms with Crippen LogP contribution in [-0.2, 0) is 4.79 Å². The largest absolute Gasteiger partial charge is 0.481 e. The van der Waals surface area contributed by atoms with E-state index in [1.807, 2.05) is 42.7 Å². The van der Waals surface area contributed by atoms with E-state index in [1.54, 1.807) is 25.4 Å². The second kappa shape index (κ2) is 7.96. The summed E-state index contributed by atoms with van der Waals surface area (Å²) < 4.78 is 7.14. The number of rotatable bonds is 6. The van der Waals surface area contributed by atoms with E-state index in [0.717, 1.165) is 16.3 Å². The van der Waals surface area contributed by atoms with E-state index in [-0.39, 0.29) is 11.9 Å². The van der Waals surface area contributed by atoms with Crippen molar-refractivity contribution in [3.05, 3.63) is 90.9 Å². The number of anilines is 1. The molecule has 0 radical (unpaired) electrons. The molecule has 2 aromatic heterocycles. The van der Waals surface area contributed by atoms with E-state index in [9.17, 15) is 4.79 Å². The Kier molecular flexibility index (Phi) is 5.06. The number of nitrogens with zero attached hydrogens (tertiary/aromatic N) is 2. The average Bonchev–Trinajstić information content (AvgIpc) is 3.27. The topological polar surface area (TPSA) is 56.1 Å². The van der Waals surface area contributed by atoms with Gasteiger partial charge in [-0.15, -0.1) is 0 Å².